The molecule has 0 N–H and O–H groups in total. The molecule has 1 aliphatic carbocycles. The van der Waals surface area contributed by atoms with E-state index in [2.05, 4.69) is 36.4 Å². The second kappa shape index (κ2) is 8.56. The third-order valence-corrected chi connectivity index (χ3v) is 5.93. The summed E-state index contributed by atoms with van der Waals surface area (Å²) in [6, 6.07) is 16.8. The van der Waals surface area contributed by atoms with Gasteiger partial charge in [-0.3, -0.25) is 0 Å². The van der Waals surface area contributed by atoms with Crippen LogP contribution in [0.2, 0.25) is 0 Å². The van der Waals surface area contributed by atoms with Crippen LogP contribution >= 0.6 is 0 Å². The Morgan fingerprint density at radius 2 is 1.45 bits per heavy atom. The molecule has 1 fully saturated rings. The highest BCUT2D eigenvalue weighted by Crippen LogP contribution is 2.44. The van der Waals surface area contributed by atoms with E-state index < -0.39 is 5.79 Å². The number of hydrogen-bond donors (Lipinski definition) is 0. The molecular weight excluding hydrogens is 366 g/mol. The van der Waals surface area contributed by atoms with Crippen molar-refractivity contribution in [2.75, 3.05) is 32.9 Å². The fraction of sp³-hybridized carbons (Fsp3) is 0.458. The van der Waals surface area contributed by atoms with Gasteiger partial charge >= 0.3 is 6.09 Å². The summed E-state index contributed by atoms with van der Waals surface area (Å²) < 4.78 is 17.5. The molecule has 29 heavy (non-hydrogen) atoms. The van der Waals surface area contributed by atoms with Crippen molar-refractivity contribution in [2.24, 2.45) is 0 Å². The summed E-state index contributed by atoms with van der Waals surface area (Å²) in [6.07, 6.45) is 1.08. The number of amides is 1. The van der Waals surface area contributed by atoms with Gasteiger partial charge < -0.3 is 19.1 Å². The lowest BCUT2D eigenvalue weighted by Crippen LogP contribution is -2.49. The predicted molar refractivity (Wildman–Crippen MR) is 112 cm³/mol. The molecule has 0 atom stereocenters. The van der Waals surface area contributed by atoms with Crippen LogP contribution in [-0.4, -0.2) is 49.7 Å². The fourth-order valence-corrected chi connectivity index (χ4v) is 4.57. The van der Waals surface area contributed by atoms with E-state index in [9.17, 15) is 4.79 Å². The molecule has 0 bridgehead atoms. The summed E-state index contributed by atoms with van der Waals surface area (Å²) in [5.74, 6) is -0.481. The van der Waals surface area contributed by atoms with Gasteiger partial charge in [-0.1, -0.05) is 48.5 Å². The van der Waals surface area contributed by atoms with Crippen LogP contribution in [0, 0.1) is 0 Å². The first-order chi connectivity index (χ1) is 14.2. The Morgan fingerprint density at radius 3 is 1.97 bits per heavy atom. The van der Waals surface area contributed by atoms with Crippen LogP contribution < -0.4 is 0 Å². The highest BCUT2D eigenvalue weighted by Gasteiger charge is 2.38. The lowest BCUT2D eigenvalue weighted by atomic mass is 9.98. The topological polar surface area (TPSA) is 48.0 Å². The first-order valence-electron chi connectivity index (χ1n) is 10.6. The van der Waals surface area contributed by atoms with Gasteiger partial charge in [-0.2, -0.15) is 0 Å². The first kappa shape index (κ1) is 19.9. The van der Waals surface area contributed by atoms with E-state index in [0.717, 1.165) is 0 Å². The van der Waals surface area contributed by atoms with Crippen molar-refractivity contribution in [2.45, 2.75) is 38.4 Å². The summed E-state index contributed by atoms with van der Waals surface area (Å²) in [5.41, 5.74) is 4.93. The Morgan fingerprint density at radius 1 is 0.931 bits per heavy atom. The first-order valence-corrected chi connectivity index (χ1v) is 10.6. The molecule has 2 aromatic carbocycles. The molecule has 1 amide bonds. The second-order valence-electron chi connectivity index (χ2n) is 7.57. The van der Waals surface area contributed by atoms with Gasteiger partial charge in [-0.15, -0.1) is 0 Å². The Labute approximate surface area is 172 Å². The predicted octanol–water partition coefficient (Wildman–Crippen LogP) is 4.80. The highest BCUT2D eigenvalue weighted by atomic mass is 16.7. The van der Waals surface area contributed by atoms with Crippen molar-refractivity contribution >= 4 is 6.09 Å². The molecule has 154 valence electrons. The average Bonchev–Trinajstić information content (AvgIpc) is 3.07. The minimum atomic E-state index is -0.566. The molecule has 2 aliphatic rings. The molecule has 1 heterocycles. The number of ether oxygens (including phenoxy) is 3. The summed E-state index contributed by atoms with van der Waals surface area (Å²) >= 11 is 0. The van der Waals surface area contributed by atoms with E-state index in [1.54, 1.807) is 4.90 Å². The van der Waals surface area contributed by atoms with Crippen molar-refractivity contribution in [3.05, 3.63) is 59.7 Å². The van der Waals surface area contributed by atoms with Gasteiger partial charge in [-0.05, 0) is 36.1 Å². The maximum Gasteiger partial charge on any atom is 0.409 e. The molecule has 0 spiro atoms. The van der Waals surface area contributed by atoms with Crippen LogP contribution in [0.4, 0.5) is 4.79 Å². The molecular formula is C24H29NO4. The van der Waals surface area contributed by atoms with Gasteiger partial charge in [0.15, 0.2) is 5.79 Å². The molecule has 1 saturated heterocycles. The van der Waals surface area contributed by atoms with Gasteiger partial charge in [0.25, 0.3) is 0 Å². The maximum atomic E-state index is 12.7. The zero-order valence-corrected chi connectivity index (χ0v) is 17.2. The van der Waals surface area contributed by atoms with Gasteiger partial charge in [-0.25, -0.2) is 4.79 Å². The molecule has 4 rings (SSSR count). The zero-order valence-electron chi connectivity index (χ0n) is 17.2. The van der Waals surface area contributed by atoms with Crippen LogP contribution in [-0.2, 0) is 14.2 Å². The SMILES string of the molecule is CCOC1(OCC)CCN(C(=O)OCC2c3ccccc3-c3ccccc32)CC1. The lowest BCUT2D eigenvalue weighted by Gasteiger charge is -2.40. The molecule has 0 saturated carbocycles. The van der Waals surface area contributed by atoms with E-state index in [1.807, 2.05) is 26.0 Å². The highest BCUT2D eigenvalue weighted by molar-refractivity contribution is 5.79. The van der Waals surface area contributed by atoms with Gasteiger partial charge in [0.1, 0.15) is 6.61 Å². The number of piperidine rings is 1. The Bertz CT molecular complexity index is 804. The normalized spacial score (nSPS) is 17.7. The molecule has 0 radical (unpaired) electrons. The smallest absolute Gasteiger partial charge is 0.409 e. The van der Waals surface area contributed by atoms with E-state index in [0.29, 0.717) is 45.8 Å². The van der Waals surface area contributed by atoms with Crippen molar-refractivity contribution in [3.63, 3.8) is 0 Å². The number of likely N-dealkylation sites (tertiary alicyclic amines) is 1. The number of hydrogen-bond acceptors (Lipinski definition) is 4. The minimum absolute atomic E-state index is 0.0853. The monoisotopic (exact) mass is 395 g/mol. The van der Waals surface area contributed by atoms with E-state index >= 15 is 0 Å². The number of benzene rings is 2. The Balaban J connectivity index is 1.40. The number of carbonyl (C=O) groups excluding carboxylic acids is 1. The largest absolute Gasteiger partial charge is 0.448 e. The van der Waals surface area contributed by atoms with Gasteiger partial charge in [0.05, 0.1) is 0 Å². The molecule has 2 aromatic rings. The lowest BCUT2D eigenvalue weighted by molar-refractivity contribution is -0.251. The van der Waals surface area contributed by atoms with Gasteiger partial charge in [0.2, 0.25) is 0 Å². The third kappa shape index (κ3) is 3.89. The minimum Gasteiger partial charge on any atom is -0.448 e. The van der Waals surface area contributed by atoms with Crippen LogP contribution in [0.25, 0.3) is 11.1 Å². The summed E-state index contributed by atoms with van der Waals surface area (Å²) in [7, 11) is 0. The molecule has 0 unspecified atom stereocenters. The Hall–Kier alpha value is -2.37. The fourth-order valence-electron chi connectivity index (χ4n) is 4.57. The number of carbonyl (C=O) groups is 1. The summed E-state index contributed by atoms with van der Waals surface area (Å²) in [6.45, 7) is 6.66. The van der Waals surface area contributed by atoms with Crippen molar-refractivity contribution in [1.82, 2.24) is 4.90 Å². The van der Waals surface area contributed by atoms with Crippen LogP contribution in [0.5, 0.6) is 0 Å². The van der Waals surface area contributed by atoms with E-state index in [1.165, 1.54) is 22.3 Å². The maximum absolute atomic E-state index is 12.7. The molecule has 1 aliphatic heterocycles. The standard InChI is InChI=1S/C24H29NO4/c1-3-28-24(29-4-2)13-15-25(16-14-24)23(26)27-17-22-20-11-7-5-9-18(20)19-10-6-8-12-21(19)22/h5-12,22H,3-4,13-17H2,1-2H3. The Kier molecular flexibility index (Phi) is 5.88. The number of nitrogens with zero attached hydrogens (tertiary/aromatic N) is 1. The van der Waals surface area contributed by atoms with Crippen LogP contribution in [0.3, 0.4) is 0 Å². The molecule has 5 nitrogen and oxygen atoms in total. The van der Waals surface area contributed by atoms with Crippen molar-refractivity contribution in [1.29, 1.82) is 0 Å². The van der Waals surface area contributed by atoms with E-state index in [-0.39, 0.29) is 12.0 Å². The van der Waals surface area contributed by atoms with Gasteiger partial charge in [0, 0.05) is 45.1 Å². The quantitative estimate of drug-likeness (QED) is 0.659. The van der Waals surface area contributed by atoms with Crippen molar-refractivity contribution < 1.29 is 19.0 Å². The second-order valence-corrected chi connectivity index (χ2v) is 7.57. The number of rotatable bonds is 6. The summed E-state index contributed by atoms with van der Waals surface area (Å²) in [5, 5.41) is 0. The third-order valence-electron chi connectivity index (χ3n) is 5.93. The van der Waals surface area contributed by atoms with E-state index in [4.69, 9.17) is 14.2 Å². The number of fused-ring (bicyclic) bond motifs is 3. The summed E-state index contributed by atoms with van der Waals surface area (Å²) in [4.78, 5) is 14.5. The average molecular weight is 395 g/mol. The molecule has 5 heteroatoms. The van der Waals surface area contributed by atoms with Crippen molar-refractivity contribution in [3.8, 4) is 11.1 Å². The zero-order chi connectivity index (χ0) is 20.3. The van der Waals surface area contributed by atoms with Crippen LogP contribution in [0.1, 0.15) is 43.7 Å². The molecule has 0 aromatic heterocycles. The van der Waals surface area contributed by atoms with Crippen LogP contribution in [0.15, 0.2) is 48.5 Å².